The number of halogens is 1. The minimum absolute atomic E-state index is 0.0837. The molecule has 1 amide bonds. The number of hydrogen-bond acceptors (Lipinski definition) is 5. The molecule has 7 heteroatoms. The molecule has 1 aromatic heterocycles. The van der Waals surface area contributed by atoms with Crippen LogP contribution in [-0.2, 0) is 4.79 Å². The molecule has 0 saturated heterocycles. The Bertz CT molecular complexity index is 413. The third-order valence-corrected chi connectivity index (χ3v) is 2.54. The molecule has 106 valence electrons. The highest BCUT2D eigenvalue weighted by Gasteiger charge is 2.07. The number of hydrogen-bond donors (Lipinski definition) is 3. The monoisotopic (exact) mass is 285 g/mol. The van der Waals surface area contributed by atoms with E-state index in [1.165, 1.54) is 6.20 Å². The van der Waals surface area contributed by atoms with Gasteiger partial charge in [-0.2, -0.15) is 4.98 Å². The molecule has 0 bridgehead atoms. The van der Waals surface area contributed by atoms with Crippen molar-refractivity contribution < 1.29 is 4.79 Å². The fraction of sp³-hybridized carbons (Fsp3) is 0.583. The van der Waals surface area contributed by atoms with Gasteiger partial charge in [0.15, 0.2) is 5.82 Å². The summed E-state index contributed by atoms with van der Waals surface area (Å²) >= 11 is 5.97. The van der Waals surface area contributed by atoms with Crippen molar-refractivity contribution in [1.29, 1.82) is 0 Å². The molecule has 0 aliphatic heterocycles. The van der Waals surface area contributed by atoms with Crippen LogP contribution in [0.2, 0.25) is 5.02 Å². The molecule has 0 aliphatic rings. The minimum Gasteiger partial charge on any atom is -0.360 e. The van der Waals surface area contributed by atoms with E-state index in [-0.39, 0.29) is 12.5 Å². The SMILES string of the molecule is CCCNC(=O)CNc1nc(NCCC)ncc1Cl. The molecule has 0 aliphatic carbocycles. The standard InChI is InChI=1S/C12H20ClN5O/c1-3-5-14-10(19)8-16-11-9(13)7-17-12(18-11)15-6-4-2/h7H,3-6,8H2,1-2H3,(H,14,19)(H2,15,16,17,18). The van der Waals surface area contributed by atoms with E-state index in [0.717, 1.165) is 19.4 Å². The average molecular weight is 286 g/mol. The van der Waals surface area contributed by atoms with E-state index in [1.807, 2.05) is 6.92 Å². The summed E-state index contributed by atoms with van der Waals surface area (Å²) < 4.78 is 0. The predicted molar refractivity (Wildman–Crippen MR) is 77.6 cm³/mol. The topological polar surface area (TPSA) is 78.9 Å². The quantitative estimate of drug-likeness (QED) is 0.680. The second-order valence-electron chi connectivity index (χ2n) is 4.02. The van der Waals surface area contributed by atoms with Gasteiger partial charge >= 0.3 is 0 Å². The van der Waals surface area contributed by atoms with Crippen molar-refractivity contribution in [2.24, 2.45) is 0 Å². The Kier molecular flexibility index (Phi) is 6.95. The fourth-order valence-corrected chi connectivity index (χ4v) is 1.46. The van der Waals surface area contributed by atoms with E-state index in [2.05, 4.69) is 32.8 Å². The number of aromatic nitrogens is 2. The van der Waals surface area contributed by atoms with Crippen LogP contribution >= 0.6 is 11.6 Å². The van der Waals surface area contributed by atoms with E-state index in [4.69, 9.17) is 11.6 Å². The Labute approximate surface area is 118 Å². The average Bonchev–Trinajstić information content (AvgIpc) is 2.42. The van der Waals surface area contributed by atoms with Gasteiger partial charge in [0.1, 0.15) is 5.02 Å². The summed E-state index contributed by atoms with van der Waals surface area (Å²) in [6.45, 7) is 5.66. The highest BCUT2D eigenvalue weighted by molar-refractivity contribution is 6.32. The van der Waals surface area contributed by atoms with Crippen LogP contribution in [-0.4, -0.2) is 35.5 Å². The van der Waals surface area contributed by atoms with Crippen LogP contribution in [0.25, 0.3) is 0 Å². The van der Waals surface area contributed by atoms with Gasteiger partial charge in [-0.3, -0.25) is 4.79 Å². The second kappa shape index (κ2) is 8.53. The van der Waals surface area contributed by atoms with E-state index in [1.54, 1.807) is 0 Å². The summed E-state index contributed by atoms with van der Waals surface area (Å²) in [6, 6.07) is 0. The summed E-state index contributed by atoms with van der Waals surface area (Å²) in [7, 11) is 0. The van der Waals surface area contributed by atoms with E-state index >= 15 is 0 Å². The highest BCUT2D eigenvalue weighted by Crippen LogP contribution is 2.18. The van der Waals surface area contributed by atoms with Crippen LogP contribution in [0.5, 0.6) is 0 Å². The van der Waals surface area contributed by atoms with Gasteiger partial charge in [0.05, 0.1) is 12.7 Å². The summed E-state index contributed by atoms with van der Waals surface area (Å²) in [5.41, 5.74) is 0. The first kappa shape index (κ1) is 15.5. The van der Waals surface area contributed by atoms with Gasteiger partial charge in [0.2, 0.25) is 11.9 Å². The zero-order valence-corrected chi connectivity index (χ0v) is 12.0. The molecule has 0 aromatic carbocycles. The molecule has 1 heterocycles. The van der Waals surface area contributed by atoms with Crippen LogP contribution in [0.1, 0.15) is 26.7 Å². The number of carbonyl (C=O) groups excluding carboxylic acids is 1. The van der Waals surface area contributed by atoms with E-state index in [0.29, 0.717) is 23.3 Å². The van der Waals surface area contributed by atoms with Crippen molar-refractivity contribution in [3.63, 3.8) is 0 Å². The second-order valence-corrected chi connectivity index (χ2v) is 4.43. The zero-order chi connectivity index (χ0) is 14.1. The molecule has 0 unspecified atom stereocenters. The lowest BCUT2D eigenvalue weighted by molar-refractivity contribution is -0.119. The maximum atomic E-state index is 11.5. The maximum absolute atomic E-state index is 11.5. The molecule has 0 saturated carbocycles. The van der Waals surface area contributed by atoms with Gasteiger partial charge in [-0.15, -0.1) is 0 Å². The van der Waals surface area contributed by atoms with Crippen molar-refractivity contribution in [2.45, 2.75) is 26.7 Å². The van der Waals surface area contributed by atoms with Gasteiger partial charge in [-0.05, 0) is 12.8 Å². The first-order valence-corrected chi connectivity index (χ1v) is 6.82. The Balaban J connectivity index is 2.54. The Morgan fingerprint density at radius 2 is 2.00 bits per heavy atom. The molecule has 1 aromatic rings. The number of anilines is 2. The first-order valence-electron chi connectivity index (χ1n) is 6.44. The number of nitrogens with zero attached hydrogens (tertiary/aromatic N) is 2. The maximum Gasteiger partial charge on any atom is 0.239 e. The van der Waals surface area contributed by atoms with Gasteiger partial charge in [0.25, 0.3) is 0 Å². The largest absolute Gasteiger partial charge is 0.360 e. The smallest absolute Gasteiger partial charge is 0.239 e. The third kappa shape index (κ3) is 5.74. The number of carbonyl (C=O) groups is 1. The summed E-state index contributed by atoms with van der Waals surface area (Å²) in [5, 5.41) is 9.13. The lowest BCUT2D eigenvalue weighted by atomic mass is 10.4. The van der Waals surface area contributed by atoms with Crippen molar-refractivity contribution in [1.82, 2.24) is 15.3 Å². The van der Waals surface area contributed by atoms with Crippen LogP contribution in [0.3, 0.4) is 0 Å². The van der Waals surface area contributed by atoms with Gasteiger partial charge in [0, 0.05) is 13.1 Å². The normalized spacial score (nSPS) is 10.1. The van der Waals surface area contributed by atoms with E-state index < -0.39 is 0 Å². The van der Waals surface area contributed by atoms with Gasteiger partial charge < -0.3 is 16.0 Å². The molecule has 3 N–H and O–H groups in total. The fourth-order valence-electron chi connectivity index (χ4n) is 1.30. The minimum atomic E-state index is -0.0837. The Hall–Kier alpha value is -1.56. The molecule has 0 fully saturated rings. The first-order chi connectivity index (χ1) is 9.17. The van der Waals surface area contributed by atoms with Crippen LogP contribution in [0, 0.1) is 0 Å². The Morgan fingerprint density at radius 3 is 2.68 bits per heavy atom. The molecule has 0 atom stereocenters. The predicted octanol–water partition coefficient (Wildman–Crippen LogP) is 1.89. The molecular weight excluding hydrogens is 266 g/mol. The van der Waals surface area contributed by atoms with Gasteiger partial charge in [-0.1, -0.05) is 25.4 Å². The molecule has 0 spiro atoms. The summed E-state index contributed by atoms with van der Waals surface area (Å²) in [6.07, 6.45) is 3.40. The summed E-state index contributed by atoms with van der Waals surface area (Å²) in [4.78, 5) is 19.7. The number of nitrogens with one attached hydrogen (secondary N) is 3. The third-order valence-electron chi connectivity index (χ3n) is 2.27. The van der Waals surface area contributed by atoms with Crippen molar-refractivity contribution in [2.75, 3.05) is 30.3 Å². The van der Waals surface area contributed by atoms with Crippen LogP contribution in [0.15, 0.2) is 6.20 Å². The van der Waals surface area contributed by atoms with Gasteiger partial charge in [-0.25, -0.2) is 4.98 Å². The van der Waals surface area contributed by atoms with Crippen molar-refractivity contribution in [3.05, 3.63) is 11.2 Å². The molecule has 6 nitrogen and oxygen atoms in total. The molecular formula is C12H20ClN5O. The highest BCUT2D eigenvalue weighted by atomic mass is 35.5. The molecule has 0 radical (unpaired) electrons. The summed E-state index contributed by atoms with van der Waals surface area (Å²) in [5.74, 6) is 0.879. The lowest BCUT2D eigenvalue weighted by Crippen LogP contribution is -2.30. The van der Waals surface area contributed by atoms with E-state index in [9.17, 15) is 4.79 Å². The van der Waals surface area contributed by atoms with Crippen LogP contribution < -0.4 is 16.0 Å². The Morgan fingerprint density at radius 1 is 1.26 bits per heavy atom. The van der Waals surface area contributed by atoms with Crippen LogP contribution in [0.4, 0.5) is 11.8 Å². The van der Waals surface area contributed by atoms with Crippen molar-refractivity contribution in [3.8, 4) is 0 Å². The zero-order valence-electron chi connectivity index (χ0n) is 11.3. The number of rotatable bonds is 8. The molecule has 19 heavy (non-hydrogen) atoms. The van der Waals surface area contributed by atoms with Crippen molar-refractivity contribution >= 4 is 29.3 Å². The molecule has 1 rings (SSSR count). The number of amides is 1. The lowest BCUT2D eigenvalue weighted by Gasteiger charge is -2.09.